The zero-order valence-corrected chi connectivity index (χ0v) is 12.1. The standard InChI is InChI=1S/C12H11ClFN2O3S/c1-2-20(18,19)16-12(17)11(13)6-8-3-4-10(14)5-9(8)7-15/h3,5,11H,2,6H2,1H3,(H,16,17). The van der Waals surface area contributed by atoms with Crippen LogP contribution < -0.4 is 4.72 Å². The van der Waals surface area contributed by atoms with E-state index < -0.39 is 27.1 Å². The first-order chi connectivity index (χ1) is 9.29. The number of sulfonamides is 1. The van der Waals surface area contributed by atoms with E-state index in [9.17, 15) is 17.6 Å². The molecule has 0 aromatic heterocycles. The fourth-order valence-electron chi connectivity index (χ4n) is 1.34. The van der Waals surface area contributed by atoms with E-state index in [1.807, 2.05) is 4.72 Å². The molecule has 1 rings (SSSR count). The van der Waals surface area contributed by atoms with Crippen molar-refractivity contribution >= 4 is 27.5 Å². The Morgan fingerprint density at radius 2 is 2.30 bits per heavy atom. The largest absolute Gasteiger partial charge is 0.272 e. The number of benzene rings is 1. The Hall–Kier alpha value is -1.65. The fraction of sp³-hybridized carbons (Fsp3) is 0.333. The van der Waals surface area contributed by atoms with Gasteiger partial charge < -0.3 is 0 Å². The number of hydrogen-bond donors (Lipinski definition) is 1. The quantitative estimate of drug-likeness (QED) is 0.824. The second-order valence-corrected chi connectivity index (χ2v) is 6.41. The summed E-state index contributed by atoms with van der Waals surface area (Å²) < 4.78 is 37.2. The van der Waals surface area contributed by atoms with Crippen molar-refractivity contribution < 1.29 is 17.6 Å². The van der Waals surface area contributed by atoms with Gasteiger partial charge in [0, 0.05) is 6.07 Å². The Balaban J connectivity index is 2.84. The van der Waals surface area contributed by atoms with Crippen LogP contribution in [0.2, 0.25) is 0 Å². The minimum atomic E-state index is -3.70. The summed E-state index contributed by atoms with van der Waals surface area (Å²) in [5, 5.41) is 7.66. The van der Waals surface area contributed by atoms with E-state index in [-0.39, 0.29) is 17.7 Å². The van der Waals surface area contributed by atoms with Crippen LogP contribution in [0.25, 0.3) is 0 Å². The average Bonchev–Trinajstić information content (AvgIpc) is 2.40. The molecule has 0 heterocycles. The van der Waals surface area contributed by atoms with Crippen molar-refractivity contribution in [1.29, 1.82) is 5.26 Å². The van der Waals surface area contributed by atoms with E-state index in [0.717, 1.165) is 6.07 Å². The lowest BCUT2D eigenvalue weighted by molar-refractivity contribution is -0.119. The molecule has 1 radical (unpaired) electrons. The number of carbonyl (C=O) groups excluding carboxylic acids is 1. The van der Waals surface area contributed by atoms with Gasteiger partial charge in [-0.3, -0.25) is 9.52 Å². The van der Waals surface area contributed by atoms with Gasteiger partial charge in [0.1, 0.15) is 11.2 Å². The Morgan fingerprint density at radius 3 is 2.85 bits per heavy atom. The topological polar surface area (TPSA) is 87.0 Å². The molecule has 0 saturated heterocycles. The van der Waals surface area contributed by atoms with Crippen LogP contribution in [0, 0.1) is 23.2 Å². The SMILES string of the molecule is CCS(=O)(=O)NC(=O)C(Cl)Cc1c[c]c(F)cc1C#N. The molecule has 107 valence electrons. The van der Waals surface area contributed by atoms with Gasteiger partial charge in [-0.1, -0.05) is 0 Å². The van der Waals surface area contributed by atoms with Crippen LogP contribution in [-0.2, 0) is 21.2 Å². The number of nitrogens with zero attached hydrogens (tertiary/aromatic N) is 1. The van der Waals surface area contributed by atoms with Gasteiger partial charge in [0.25, 0.3) is 5.91 Å². The zero-order chi connectivity index (χ0) is 15.3. The Morgan fingerprint density at radius 1 is 1.65 bits per heavy atom. The summed E-state index contributed by atoms with van der Waals surface area (Å²) in [6.07, 6.45) is -0.105. The van der Waals surface area contributed by atoms with Gasteiger partial charge in [-0.2, -0.15) is 5.26 Å². The van der Waals surface area contributed by atoms with Gasteiger partial charge in [0.2, 0.25) is 10.0 Å². The van der Waals surface area contributed by atoms with Crippen LogP contribution in [0.3, 0.4) is 0 Å². The fourth-order valence-corrected chi connectivity index (χ4v) is 2.22. The maximum absolute atomic E-state index is 12.9. The van der Waals surface area contributed by atoms with Gasteiger partial charge >= 0.3 is 0 Å². The summed E-state index contributed by atoms with van der Waals surface area (Å²) in [5.41, 5.74) is 0.344. The van der Waals surface area contributed by atoms with Gasteiger partial charge in [0.15, 0.2) is 0 Å². The summed E-state index contributed by atoms with van der Waals surface area (Å²) in [6.45, 7) is 1.38. The van der Waals surface area contributed by atoms with Gasteiger partial charge in [-0.25, -0.2) is 12.8 Å². The highest BCUT2D eigenvalue weighted by atomic mass is 35.5. The molecule has 1 aromatic carbocycles. The molecule has 0 fully saturated rings. The summed E-state index contributed by atoms with van der Waals surface area (Å²) in [7, 11) is -3.70. The third-order valence-electron chi connectivity index (χ3n) is 2.44. The van der Waals surface area contributed by atoms with Crippen LogP contribution in [0.1, 0.15) is 18.1 Å². The molecule has 0 saturated carbocycles. The normalized spacial score (nSPS) is 12.5. The van der Waals surface area contributed by atoms with Crippen molar-refractivity contribution in [2.24, 2.45) is 0 Å². The number of hydrogen-bond acceptors (Lipinski definition) is 4. The summed E-state index contributed by atoms with van der Waals surface area (Å²) in [4.78, 5) is 11.6. The molecule has 5 nitrogen and oxygen atoms in total. The molecule has 20 heavy (non-hydrogen) atoms. The lowest BCUT2D eigenvalue weighted by Crippen LogP contribution is -2.38. The van der Waals surface area contributed by atoms with Crippen molar-refractivity contribution in [2.45, 2.75) is 18.7 Å². The number of amides is 1. The molecule has 0 bridgehead atoms. The summed E-state index contributed by atoms with van der Waals surface area (Å²) >= 11 is 5.80. The molecular formula is C12H11ClFN2O3S. The van der Waals surface area contributed by atoms with Crippen LogP contribution in [0.4, 0.5) is 4.39 Å². The highest BCUT2D eigenvalue weighted by Gasteiger charge is 2.21. The smallest absolute Gasteiger partial charge is 0.251 e. The van der Waals surface area contributed by atoms with Crippen LogP contribution in [0.15, 0.2) is 12.1 Å². The number of nitriles is 1. The molecular weight excluding hydrogens is 307 g/mol. The predicted octanol–water partition coefficient (Wildman–Crippen LogP) is 1.11. The van der Waals surface area contributed by atoms with Crippen molar-refractivity contribution in [3.8, 4) is 6.07 Å². The molecule has 0 aliphatic carbocycles. The molecule has 1 unspecified atom stereocenters. The predicted molar refractivity (Wildman–Crippen MR) is 70.9 cm³/mol. The van der Waals surface area contributed by atoms with Crippen LogP contribution in [0.5, 0.6) is 0 Å². The van der Waals surface area contributed by atoms with Crippen molar-refractivity contribution in [3.05, 3.63) is 35.1 Å². The minimum absolute atomic E-state index is 0.0260. The number of rotatable bonds is 5. The van der Waals surface area contributed by atoms with Gasteiger partial charge in [-0.05, 0) is 31.0 Å². The third-order valence-corrected chi connectivity index (χ3v) is 4.07. The number of halogens is 2. The number of carbonyl (C=O) groups is 1. The zero-order valence-electron chi connectivity index (χ0n) is 10.5. The molecule has 8 heteroatoms. The van der Waals surface area contributed by atoms with E-state index in [1.54, 1.807) is 6.07 Å². The number of alkyl halides is 1. The highest BCUT2D eigenvalue weighted by Crippen LogP contribution is 2.15. The lowest BCUT2D eigenvalue weighted by atomic mass is 10.0. The Kier molecular flexibility index (Phi) is 5.48. The van der Waals surface area contributed by atoms with E-state index in [0.29, 0.717) is 5.56 Å². The third kappa shape index (κ3) is 4.47. The molecule has 1 atom stereocenters. The van der Waals surface area contributed by atoms with E-state index in [1.165, 1.54) is 13.0 Å². The number of nitrogens with one attached hydrogen (secondary N) is 1. The summed E-state index contributed by atoms with van der Waals surface area (Å²) in [6, 6.07) is 6.21. The van der Waals surface area contributed by atoms with E-state index in [2.05, 4.69) is 6.07 Å². The van der Waals surface area contributed by atoms with Crippen LogP contribution in [-0.4, -0.2) is 25.5 Å². The van der Waals surface area contributed by atoms with Crippen molar-refractivity contribution in [2.75, 3.05) is 5.75 Å². The molecule has 0 spiro atoms. The Bertz CT molecular complexity index is 655. The second-order valence-electron chi connectivity index (χ2n) is 3.87. The monoisotopic (exact) mass is 317 g/mol. The van der Waals surface area contributed by atoms with Crippen LogP contribution >= 0.6 is 11.6 Å². The minimum Gasteiger partial charge on any atom is -0.272 e. The highest BCUT2D eigenvalue weighted by molar-refractivity contribution is 7.90. The molecule has 0 aliphatic rings. The molecule has 1 amide bonds. The van der Waals surface area contributed by atoms with Crippen molar-refractivity contribution in [1.82, 2.24) is 4.72 Å². The maximum atomic E-state index is 12.9. The maximum Gasteiger partial charge on any atom is 0.251 e. The van der Waals surface area contributed by atoms with Gasteiger partial charge in [0.05, 0.1) is 17.4 Å². The first kappa shape index (κ1) is 16.4. The van der Waals surface area contributed by atoms with E-state index in [4.69, 9.17) is 16.9 Å². The first-order valence-corrected chi connectivity index (χ1v) is 7.66. The molecule has 1 aromatic rings. The van der Waals surface area contributed by atoms with Crippen molar-refractivity contribution in [3.63, 3.8) is 0 Å². The lowest BCUT2D eigenvalue weighted by Gasteiger charge is -2.11. The summed E-state index contributed by atoms with van der Waals surface area (Å²) in [5.74, 6) is -1.84. The average molecular weight is 318 g/mol. The van der Waals surface area contributed by atoms with Gasteiger partial charge in [-0.15, -0.1) is 11.6 Å². The Labute approximate surface area is 121 Å². The van der Waals surface area contributed by atoms with E-state index >= 15 is 0 Å². The second kappa shape index (κ2) is 6.68. The molecule has 1 N–H and O–H groups in total. The first-order valence-electron chi connectivity index (χ1n) is 5.57. The molecule has 0 aliphatic heterocycles.